The van der Waals surface area contributed by atoms with E-state index in [4.69, 9.17) is 5.84 Å². The molecular formula is C11H17BrN2S. The van der Waals surface area contributed by atoms with Crippen molar-refractivity contribution in [3.05, 3.63) is 20.8 Å². The number of hydrogen-bond acceptors (Lipinski definition) is 3. The summed E-state index contributed by atoms with van der Waals surface area (Å²) in [6.07, 6.45) is 3.92. The van der Waals surface area contributed by atoms with E-state index in [9.17, 15) is 0 Å². The summed E-state index contributed by atoms with van der Waals surface area (Å²) in [6, 6.07) is 2.42. The Kier molecular flexibility index (Phi) is 3.83. The van der Waals surface area contributed by atoms with Gasteiger partial charge in [-0.25, -0.2) is 0 Å². The molecule has 1 aliphatic rings. The van der Waals surface area contributed by atoms with Gasteiger partial charge in [-0.1, -0.05) is 13.3 Å². The quantitative estimate of drug-likeness (QED) is 0.660. The highest BCUT2D eigenvalue weighted by atomic mass is 79.9. The van der Waals surface area contributed by atoms with Gasteiger partial charge in [0, 0.05) is 9.35 Å². The molecule has 0 spiro atoms. The molecule has 1 fully saturated rings. The average molecular weight is 289 g/mol. The minimum Gasteiger partial charge on any atom is -0.271 e. The number of halogens is 1. The third-order valence-corrected chi connectivity index (χ3v) is 5.27. The van der Waals surface area contributed by atoms with Gasteiger partial charge in [-0.05, 0) is 52.1 Å². The number of thiophene rings is 1. The molecule has 84 valence electrons. The van der Waals surface area contributed by atoms with Crippen molar-refractivity contribution < 1.29 is 0 Å². The number of hydrazine groups is 1. The highest BCUT2D eigenvalue weighted by Gasteiger charge is 2.30. The van der Waals surface area contributed by atoms with E-state index in [0.29, 0.717) is 12.0 Å². The molecule has 0 radical (unpaired) electrons. The fourth-order valence-corrected chi connectivity index (χ4v) is 4.28. The third-order valence-electron chi connectivity index (χ3n) is 3.31. The first-order valence-corrected chi connectivity index (χ1v) is 7.08. The zero-order valence-electron chi connectivity index (χ0n) is 8.87. The smallest absolute Gasteiger partial charge is 0.0592 e. The van der Waals surface area contributed by atoms with Crippen molar-refractivity contribution in [2.24, 2.45) is 17.7 Å². The second kappa shape index (κ2) is 4.95. The lowest BCUT2D eigenvalue weighted by Crippen LogP contribution is -2.32. The minimum absolute atomic E-state index is 0.323. The molecule has 1 aromatic heterocycles. The van der Waals surface area contributed by atoms with Crippen molar-refractivity contribution in [1.82, 2.24) is 5.43 Å². The summed E-state index contributed by atoms with van der Waals surface area (Å²) in [5.41, 5.74) is 2.99. The fraction of sp³-hybridized carbons (Fsp3) is 0.636. The van der Waals surface area contributed by atoms with E-state index < -0.39 is 0 Å². The molecule has 4 heteroatoms. The molecule has 1 saturated carbocycles. The maximum atomic E-state index is 5.69. The summed E-state index contributed by atoms with van der Waals surface area (Å²) in [7, 11) is 0. The van der Waals surface area contributed by atoms with Crippen LogP contribution in [0, 0.1) is 11.8 Å². The topological polar surface area (TPSA) is 38.0 Å². The Hall–Kier alpha value is 0.100. The monoisotopic (exact) mass is 288 g/mol. The molecule has 2 nitrogen and oxygen atoms in total. The largest absolute Gasteiger partial charge is 0.271 e. The van der Waals surface area contributed by atoms with Crippen LogP contribution in [-0.2, 0) is 0 Å². The molecule has 0 saturated heterocycles. The van der Waals surface area contributed by atoms with E-state index in [1.807, 2.05) is 0 Å². The van der Waals surface area contributed by atoms with Crippen LogP contribution in [0.5, 0.6) is 0 Å². The summed E-state index contributed by atoms with van der Waals surface area (Å²) in [5.74, 6) is 7.24. The molecule has 0 aromatic carbocycles. The molecular weight excluding hydrogens is 272 g/mol. The van der Waals surface area contributed by atoms with E-state index >= 15 is 0 Å². The highest BCUT2D eigenvalue weighted by molar-refractivity contribution is 9.10. The molecule has 0 bridgehead atoms. The van der Waals surface area contributed by atoms with Crippen molar-refractivity contribution >= 4 is 27.3 Å². The van der Waals surface area contributed by atoms with Gasteiger partial charge >= 0.3 is 0 Å². The lowest BCUT2D eigenvalue weighted by Gasteiger charge is -2.22. The molecule has 3 unspecified atom stereocenters. The van der Waals surface area contributed by atoms with Crippen LogP contribution in [0.3, 0.4) is 0 Å². The Morgan fingerprint density at radius 1 is 1.60 bits per heavy atom. The zero-order valence-corrected chi connectivity index (χ0v) is 11.3. The number of nitrogens with one attached hydrogen (secondary N) is 1. The van der Waals surface area contributed by atoms with E-state index in [1.54, 1.807) is 11.3 Å². The maximum absolute atomic E-state index is 5.69. The van der Waals surface area contributed by atoms with Crippen LogP contribution in [0.1, 0.15) is 37.1 Å². The van der Waals surface area contributed by atoms with E-state index in [0.717, 1.165) is 5.92 Å². The second-order valence-electron chi connectivity index (χ2n) is 4.46. The van der Waals surface area contributed by atoms with Crippen molar-refractivity contribution in [3.63, 3.8) is 0 Å². The third kappa shape index (κ3) is 2.44. The SMILES string of the molecule is CC1CCC(C(NN)c2sccc2Br)C1. The summed E-state index contributed by atoms with van der Waals surface area (Å²) >= 11 is 5.37. The molecule has 2 rings (SSSR count). The number of rotatable bonds is 3. The van der Waals surface area contributed by atoms with Crippen molar-refractivity contribution in [2.75, 3.05) is 0 Å². The second-order valence-corrected chi connectivity index (χ2v) is 6.26. The first kappa shape index (κ1) is 11.6. The molecule has 0 amide bonds. The van der Waals surface area contributed by atoms with Crippen LogP contribution in [-0.4, -0.2) is 0 Å². The van der Waals surface area contributed by atoms with Crippen LogP contribution < -0.4 is 11.3 Å². The number of nitrogens with two attached hydrogens (primary N) is 1. The van der Waals surface area contributed by atoms with Crippen molar-refractivity contribution in [3.8, 4) is 0 Å². The lowest BCUT2D eigenvalue weighted by molar-refractivity contribution is 0.368. The zero-order chi connectivity index (χ0) is 10.8. The van der Waals surface area contributed by atoms with Gasteiger partial charge in [-0.2, -0.15) is 0 Å². The first-order chi connectivity index (χ1) is 7.22. The fourth-order valence-electron chi connectivity index (χ4n) is 2.51. The molecule has 1 aliphatic carbocycles. The number of hydrogen-bond donors (Lipinski definition) is 2. The van der Waals surface area contributed by atoms with Gasteiger partial charge in [0.25, 0.3) is 0 Å². The van der Waals surface area contributed by atoms with E-state index in [1.165, 1.54) is 28.6 Å². The summed E-state index contributed by atoms with van der Waals surface area (Å²) < 4.78 is 1.19. The van der Waals surface area contributed by atoms with Gasteiger partial charge < -0.3 is 0 Å². The predicted octanol–water partition coefficient (Wildman–Crippen LogP) is 3.45. The molecule has 3 atom stereocenters. The Labute approximate surface area is 103 Å². The highest BCUT2D eigenvalue weighted by Crippen LogP contribution is 2.42. The van der Waals surface area contributed by atoms with Gasteiger partial charge in [-0.15, -0.1) is 11.3 Å². The average Bonchev–Trinajstić information content (AvgIpc) is 2.79. The normalized spacial score (nSPS) is 28.2. The van der Waals surface area contributed by atoms with Gasteiger partial charge in [0.05, 0.1) is 6.04 Å². The van der Waals surface area contributed by atoms with Gasteiger partial charge in [0.1, 0.15) is 0 Å². The van der Waals surface area contributed by atoms with Crippen molar-refractivity contribution in [2.45, 2.75) is 32.2 Å². The summed E-state index contributed by atoms with van der Waals surface area (Å²) in [5, 5.41) is 2.11. The summed E-state index contributed by atoms with van der Waals surface area (Å²) in [6.45, 7) is 2.33. The van der Waals surface area contributed by atoms with Gasteiger partial charge in [-0.3, -0.25) is 11.3 Å². The molecule has 0 aliphatic heterocycles. The lowest BCUT2D eigenvalue weighted by atomic mass is 9.96. The predicted molar refractivity (Wildman–Crippen MR) is 68.6 cm³/mol. The Morgan fingerprint density at radius 3 is 2.87 bits per heavy atom. The van der Waals surface area contributed by atoms with E-state index in [2.05, 4.69) is 39.7 Å². The summed E-state index contributed by atoms with van der Waals surface area (Å²) in [4.78, 5) is 1.34. The van der Waals surface area contributed by atoms with E-state index in [-0.39, 0.29) is 0 Å². The molecule has 1 aromatic rings. The van der Waals surface area contributed by atoms with Crippen LogP contribution in [0.2, 0.25) is 0 Å². The Morgan fingerprint density at radius 2 is 2.40 bits per heavy atom. The molecule has 1 heterocycles. The minimum atomic E-state index is 0.323. The van der Waals surface area contributed by atoms with Crippen molar-refractivity contribution in [1.29, 1.82) is 0 Å². The molecule has 15 heavy (non-hydrogen) atoms. The molecule has 3 N–H and O–H groups in total. The van der Waals surface area contributed by atoms with Crippen LogP contribution in [0.15, 0.2) is 15.9 Å². The van der Waals surface area contributed by atoms with Crippen LogP contribution >= 0.6 is 27.3 Å². The maximum Gasteiger partial charge on any atom is 0.0592 e. The first-order valence-electron chi connectivity index (χ1n) is 5.41. The van der Waals surface area contributed by atoms with Gasteiger partial charge in [0.15, 0.2) is 0 Å². The Bertz CT molecular complexity index is 326. The van der Waals surface area contributed by atoms with Crippen LogP contribution in [0.25, 0.3) is 0 Å². The van der Waals surface area contributed by atoms with Gasteiger partial charge in [0.2, 0.25) is 0 Å². The standard InChI is InChI=1S/C11H17BrN2S/c1-7-2-3-8(6-7)10(14-13)11-9(12)4-5-15-11/h4-5,7-8,10,14H,2-3,6,13H2,1H3. The van der Waals surface area contributed by atoms with Crippen LogP contribution in [0.4, 0.5) is 0 Å². The Balaban J connectivity index is 2.14.